The summed E-state index contributed by atoms with van der Waals surface area (Å²) >= 11 is 0. The first-order valence-electron chi connectivity index (χ1n) is 8.53. The fraction of sp³-hybridized carbons (Fsp3) is 0.333. The molecule has 0 unspecified atom stereocenters. The standard InChI is InChI=1S/C18H22N2O4S2/c21-25(22,19-12-11-16-7-2-1-3-8-16)17-9-6-10-18(15-17)26(23,24)20-13-4-5-14-20/h1-3,6-10,15,19H,4-5,11-14H2. The lowest BCUT2D eigenvalue weighted by Gasteiger charge is -2.16. The fourth-order valence-electron chi connectivity index (χ4n) is 2.94. The van der Waals surface area contributed by atoms with Crippen LogP contribution in [0.3, 0.4) is 0 Å². The Morgan fingerprint density at radius 2 is 1.50 bits per heavy atom. The smallest absolute Gasteiger partial charge is 0.211 e. The highest BCUT2D eigenvalue weighted by molar-refractivity contribution is 7.90. The molecule has 0 atom stereocenters. The van der Waals surface area contributed by atoms with Crippen LogP contribution in [-0.4, -0.2) is 40.8 Å². The van der Waals surface area contributed by atoms with Crippen molar-refractivity contribution in [2.24, 2.45) is 0 Å². The molecule has 2 aromatic rings. The summed E-state index contributed by atoms with van der Waals surface area (Å²) in [4.78, 5) is -0.0174. The molecule has 6 nitrogen and oxygen atoms in total. The van der Waals surface area contributed by atoms with Gasteiger partial charge in [0.2, 0.25) is 20.0 Å². The Hall–Kier alpha value is -1.74. The van der Waals surface area contributed by atoms with Crippen LogP contribution in [0.2, 0.25) is 0 Å². The van der Waals surface area contributed by atoms with Crippen molar-refractivity contribution in [2.75, 3.05) is 19.6 Å². The van der Waals surface area contributed by atoms with Gasteiger partial charge in [-0.2, -0.15) is 4.31 Å². The maximum absolute atomic E-state index is 12.6. The Bertz CT molecular complexity index is 952. The quantitative estimate of drug-likeness (QED) is 0.778. The Labute approximate surface area is 155 Å². The lowest BCUT2D eigenvalue weighted by Crippen LogP contribution is -2.29. The average molecular weight is 395 g/mol. The summed E-state index contributed by atoms with van der Waals surface area (Å²) in [6.07, 6.45) is 2.22. The van der Waals surface area contributed by atoms with Gasteiger partial charge in [0.05, 0.1) is 9.79 Å². The van der Waals surface area contributed by atoms with Crippen molar-refractivity contribution in [3.05, 3.63) is 60.2 Å². The maximum atomic E-state index is 12.6. The number of sulfonamides is 2. The summed E-state index contributed by atoms with van der Waals surface area (Å²) in [6.45, 7) is 1.21. The minimum Gasteiger partial charge on any atom is -0.211 e. The van der Waals surface area contributed by atoms with E-state index in [1.54, 1.807) is 0 Å². The van der Waals surface area contributed by atoms with E-state index >= 15 is 0 Å². The minimum absolute atomic E-state index is 0.0188. The molecule has 3 rings (SSSR count). The van der Waals surface area contributed by atoms with Gasteiger partial charge in [0.25, 0.3) is 0 Å². The van der Waals surface area contributed by atoms with Gasteiger partial charge < -0.3 is 0 Å². The van der Waals surface area contributed by atoms with Crippen molar-refractivity contribution in [1.82, 2.24) is 9.03 Å². The number of hydrogen-bond acceptors (Lipinski definition) is 4. The second-order valence-electron chi connectivity index (χ2n) is 6.22. The van der Waals surface area contributed by atoms with Crippen LogP contribution in [0.1, 0.15) is 18.4 Å². The Morgan fingerprint density at radius 1 is 0.846 bits per heavy atom. The van der Waals surface area contributed by atoms with Crippen LogP contribution in [0.4, 0.5) is 0 Å². The van der Waals surface area contributed by atoms with Crippen LogP contribution in [-0.2, 0) is 26.5 Å². The number of benzene rings is 2. The average Bonchev–Trinajstić information content (AvgIpc) is 3.18. The Kier molecular flexibility index (Phi) is 5.76. The van der Waals surface area contributed by atoms with Crippen LogP contribution in [0, 0.1) is 0 Å². The van der Waals surface area contributed by atoms with Crippen molar-refractivity contribution in [3.63, 3.8) is 0 Å². The molecule has 1 fully saturated rings. The third kappa shape index (κ3) is 4.32. The molecule has 1 N–H and O–H groups in total. The van der Waals surface area contributed by atoms with Gasteiger partial charge in [0.1, 0.15) is 0 Å². The summed E-state index contributed by atoms with van der Waals surface area (Å²) in [7, 11) is -7.41. The van der Waals surface area contributed by atoms with Gasteiger partial charge in [-0.05, 0) is 43.0 Å². The normalized spacial score (nSPS) is 16.0. The highest BCUT2D eigenvalue weighted by Crippen LogP contribution is 2.23. The molecule has 1 aliphatic rings. The SMILES string of the molecule is O=S(=O)(NCCc1ccccc1)c1cccc(S(=O)(=O)N2CCCC2)c1. The number of rotatable bonds is 7. The van der Waals surface area contributed by atoms with Gasteiger partial charge in [-0.1, -0.05) is 36.4 Å². The van der Waals surface area contributed by atoms with Gasteiger partial charge in [-0.3, -0.25) is 0 Å². The molecule has 140 valence electrons. The van der Waals surface area contributed by atoms with E-state index in [-0.39, 0.29) is 16.3 Å². The molecule has 1 aliphatic heterocycles. The van der Waals surface area contributed by atoms with Crippen molar-refractivity contribution in [3.8, 4) is 0 Å². The first kappa shape index (κ1) is 19.0. The molecule has 0 amide bonds. The van der Waals surface area contributed by atoms with Crippen LogP contribution in [0.15, 0.2) is 64.4 Å². The van der Waals surface area contributed by atoms with Gasteiger partial charge in [-0.15, -0.1) is 0 Å². The molecular formula is C18H22N2O4S2. The summed E-state index contributed by atoms with van der Waals surface area (Å²) in [5.74, 6) is 0. The number of hydrogen-bond donors (Lipinski definition) is 1. The highest BCUT2D eigenvalue weighted by Gasteiger charge is 2.28. The van der Waals surface area contributed by atoms with E-state index in [4.69, 9.17) is 0 Å². The summed E-state index contributed by atoms with van der Waals surface area (Å²) in [5, 5.41) is 0. The topological polar surface area (TPSA) is 83.5 Å². The molecule has 2 aromatic carbocycles. The molecule has 26 heavy (non-hydrogen) atoms. The molecule has 0 radical (unpaired) electrons. The first-order chi connectivity index (χ1) is 12.4. The summed E-state index contributed by atoms with van der Waals surface area (Å²) < 4.78 is 54.2. The molecule has 8 heteroatoms. The van der Waals surface area contributed by atoms with E-state index < -0.39 is 20.0 Å². The second-order valence-corrected chi connectivity index (χ2v) is 9.92. The van der Waals surface area contributed by atoms with E-state index in [9.17, 15) is 16.8 Å². The second kappa shape index (κ2) is 7.87. The zero-order valence-electron chi connectivity index (χ0n) is 14.3. The largest absolute Gasteiger partial charge is 0.243 e. The zero-order chi connectivity index (χ0) is 18.6. The predicted octanol–water partition coefficient (Wildman–Crippen LogP) is 1.99. The van der Waals surface area contributed by atoms with Crippen LogP contribution in [0.5, 0.6) is 0 Å². The lowest BCUT2D eigenvalue weighted by molar-refractivity contribution is 0.477. The van der Waals surface area contributed by atoms with Crippen LogP contribution >= 0.6 is 0 Å². The van der Waals surface area contributed by atoms with E-state index in [2.05, 4.69) is 4.72 Å². The molecule has 0 aromatic heterocycles. The monoisotopic (exact) mass is 394 g/mol. The van der Waals surface area contributed by atoms with Crippen molar-refractivity contribution in [1.29, 1.82) is 0 Å². The van der Waals surface area contributed by atoms with Gasteiger partial charge >= 0.3 is 0 Å². The fourth-order valence-corrected chi connectivity index (χ4v) is 5.65. The van der Waals surface area contributed by atoms with Crippen molar-refractivity contribution in [2.45, 2.75) is 29.1 Å². The zero-order valence-corrected chi connectivity index (χ0v) is 16.0. The summed E-state index contributed by atoms with van der Waals surface area (Å²) in [5.41, 5.74) is 1.03. The third-order valence-electron chi connectivity index (χ3n) is 4.37. The molecular weight excluding hydrogens is 372 g/mol. The molecule has 1 saturated heterocycles. The molecule has 0 saturated carbocycles. The van der Waals surface area contributed by atoms with E-state index in [0.29, 0.717) is 19.5 Å². The highest BCUT2D eigenvalue weighted by atomic mass is 32.2. The van der Waals surface area contributed by atoms with E-state index in [1.807, 2.05) is 30.3 Å². The van der Waals surface area contributed by atoms with E-state index in [0.717, 1.165) is 18.4 Å². The lowest BCUT2D eigenvalue weighted by atomic mass is 10.2. The first-order valence-corrected chi connectivity index (χ1v) is 11.5. The Morgan fingerprint density at radius 3 is 2.19 bits per heavy atom. The van der Waals surface area contributed by atoms with Gasteiger partial charge in [0, 0.05) is 19.6 Å². The minimum atomic E-state index is -3.77. The molecule has 0 bridgehead atoms. The molecule has 0 spiro atoms. The maximum Gasteiger partial charge on any atom is 0.243 e. The van der Waals surface area contributed by atoms with Crippen LogP contribution < -0.4 is 4.72 Å². The number of nitrogens with one attached hydrogen (secondary N) is 1. The molecule has 0 aliphatic carbocycles. The Balaban J connectivity index is 1.74. The number of nitrogens with zero attached hydrogens (tertiary/aromatic N) is 1. The van der Waals surface area contributed by atoms with E-state index in [1.165, 1.54) is 28.6 Å². The van der Waals surface area contributed by atoms with Gasteiger partial charge in [-0.25, -0.2) is 21.6 Å². The third-order valence-corrected chi connectivity index (χ3v) is 7.72. The van der Waals surface area contributed by atoms with Crippen molar-refractivity contribution >= 4 is 20.0 Å². The summed E-state index contributed by atoms with van der Waals surface area (Å²) in [6, 6.07) is 15.1. The van der Waals surface area contributed by atoms with Crippen molar-refractivity contribution < 1.29 is 16.8 Å². The van der Waals surface area contributed by atoms with Gasteiger partial charge in [0.15, 0.2) is 0 Å². The molecule has 1 heterocycles. The van der Waals surface area contributed by atoms with Crippen LogP contribution in [0.25, 0.3) is 0 Å². The predicted molar refractivity (Wildman–Crippen MR) is 99.8 cm³/mol.